The molecule has 0 saturated heterocycles. The molecular formula is C15H21ClN2O. The van der Waals surface area contributed by atoms with E-state index >= 15 is 0 Å². The number of alkyl halides is 1. The quantitative estimate of drug-likeness (QED) is 0.816. The van der Waals surface area contributed by atoms with Crippen LogP contribution < -0.4 is 10.6 Å². The number of halogens is 1. The Labute approximate surface area is 119 Å². The summed E-state index contributed by atoms with van der Waals surface area (Å²) in [6, 6.07) is 10.2. The van der Waals surface area contributed by atoms with E-state index in [1.54, 1.807) is 0 Å². The summed E-state index contributed by atoms with van der Waals surface area (Å²) in [7, 11) is 0. The second-order valence-corrected chi connectivity index (χ2v) is 5.46. The highest BCUT2D eigenvalue weighted by atomic mass is 35.5. The third kappa shape index (κ3) is 3.63. The van der Waals surface area contributed by atoms with E-state index in [9.17, 15) is 4.79 Å². The molecule has 2 N–H and O–H groups in total. The topological polar surface area (TPSA) is 41.1 Å². The van der Waals surface area contributed by atoms with Crippen molar-refractivity contribution in [3.8, 4) is 0 Å². The normalized spacial score (nSPS) is 17.7. The Morgan fingerprint density at radius 1 is 1.16 bits per heavy atom. The molecular weight excluding hydrogens is 260 g/mol. The summed E-state index contributed by atoms with van der Waals surface area (Å²) in [6.45, 7) is 0.498. The van der Waals surface area contributed by atoms with Gasteiger partial charge in [0.1, 0.15) is 0 Å². The summed E-state index contributed by atoms with van der Waals surface area (Å²) in [5.74, 6) is 0.436. The molecule has 0 radical (unpaired) electrons. The van der Waals surface area contributed by atoms with Crippen LogP contribution in [0.15, 0.2) is 30.3 Å². The van der Waals surface area contributed by atoms with Crippen molar-refractivity contribution in [1.82, 2.24) is 10.6 Å². The molecule has 1 aliphatic rings. The Morgan fingerprint density at radius 2 is 1.84 bits per heavy atom. The first-order valence-electron chi connectivity index (χ1n) is 6.94. The summed E-state index contributed by atoms with van der Waals surface area (Å²) in [6.07, 6.45) is 5.57. The van der Waals surface area contributed by atoms with Crippen LogP contribution in [0.1, 0.15) is 37.7 Å². The van der Waals surface area contributed by atoms with Crippen molar-refractivity contribution in [3.63, 3.8) is 0 Å². The van der Waals surface area contributed by atoms with Crippen LogP contribution in [-0.4, -0.2) is 18.5 Å². The van der Waals surface area contributed by atoms with Gasteiger partial charge in [-0.3, -0.25) is 0 Å². The highest BCUT2D eigenvalue weighted by Gasteiger charge is 2.35. The first-order chi connectivity index (χ1) is 9.27. The highest BCUT2D eigenvalue weighted by molar-refractivity contribution is 6.18. The van der Waals surface area contributed by atoms with Crippen molar-refractivity contribution in [1.29, 1.82) is 0 Å². The standard InChI is InChI=1S/C15H21ClN2O/c16-11-12-17-14(19)18-15(9-5-2-6-10-15)13-7-3-1-4-8-13/h1,3-4,7-8H,2,5-6,9-12H2,(H2,17,18,19). The van der Waals surface area contributed by atoms with Crippen LogP contribution in [0.5, 0.6) is 0 Å². The zero-order chi connectivity index (χ0) is 13.6. The number of rotatable bonds is 4. The van der Waals surface area contributed by atoms with Crippen LogP contribution in [0.25, 0.3) is 0 Å². The maximum absolute atomic E-state index is 12.0. The van der Waals surface area contributed by atoms with Crippen LogP contribution in [0, 0.1) is 0 Å². The zero-order valence-corrected chi connectivity index (χ0v) is 11.9. The maximum atomic E-state index is 12.0. The molecule has 2 rings (SSSR count). The smallest absolute Gasteiger partial charge is 0.315 e. The minimum atomic E-state index is -0.212. The average Bonchev–Trinajstić information content (AvgIpc) is 2.47. The minimum Gasteiger partial charge on any atom is -0.337 e. The van der Waals surface area contributed by atoms with Crippen molar-refractivity contribution < 1.29 is 4.79 Å². The highest BCUT2D eigenvalue weighted by Crippen LogP contribution is 2.36. The molecule has 0 aliphatic heterocycles. The molecule has 1 aliphatic carbocycles. The van der Waals surface area contributed by atoms with Crippen molar-refractivity contribution in [3.05, 3.63) is 35.9 Å². The number of nitrogens with one attached hydrogen (secondary N) is 2. The van der Waals surface area contributed by atoms with Gasteiger partial charge in [0.15, 0.2) is 0 Å². The van der Waals surface area contributed by atoms with Gasteiger partial charge in [0, 0.05) is 12.4 Å². The van der Waals surface area contributed by atoms with Gasteiger partial charge in [0.2, 0.25) is 0 Å². The van der Waals surface area contributed by atoms with E-state index < -0.39 is 0 Å². The fourth-order valence-electron chi connectivity index (χ4n) is 2.82. The van der Waals surface area contributed by atoms with E-state index in [4.69, 9.17) is 11.6 Å². The minimum absolute atomic E-state index is 0.119. The average molecular weight is 281 g/mol. The fourth-order valence-corrected chi connectivity index (χ4v) is 2.92. The number of benzene rings is 1. The Bertz CT molecular complexity index is 402. The molecule has 1 saturated carbocycles. The van der Waals surface area contributed by atoms with Crippen molar-refractivity contribution in [2.24, 2.45) is 0 Å². The van der Waals surface area contributed by atoms with E-state index in [0.717, 1.165) is 25.7 Å². The predicted octanol–water partition coefficient (Wildman–Crippen LogP) is 3.38. The summed E-state index contributed by atoms with van der Waals surface area (Å²) in [5.41, 5.74) is 0.992. The lowest BCUT2D eigenvalue weighted by Crippen LogP contribution is -2.51. The van der Waals surface area contributed by atoms with Gasteiger partial charge >= 0.3 is 6.03 Å². The largest absolute Gasteiger partial charge is 0.337 e. The Hall–Kier alpha value is -1.22. The predicted molar refractivity (Wildman–Crippen MR) is 78.5 cm³/mol. The van der Waals surface area contributed by atoms with Crippen LogP contribution >= 0.6 is 11.6 Å². The number of carbonyl (C=O) groups is 1. The summed E-state index contributed by atoms with van der Waals surface area (Å²) in [5, 5.41) is 5.97. The van der Waals surface area contributed by atoms with Gasteiger partial charge in [-0.1, -0.05) is 49.6 Å². The molecule has 1 fully saturated rings. The second kappa shape index (κ2) is 6.80. The van der Waals surface area contributed by atoms with E-state index in [1.165, 1.54) is 12.0 Å². The van der Waals surface area contributed by atoms with Crippen molar-refractivity contribution >= 4 is 17.6 Å². The molecule has 3 nitrogen and oxygen atoms in total. The molecule has 0 heterocycles. The fraction of sp³-hybridized carbons (Fsp3) is 0.533. The second-order valence-electron chi connectivity index (χ2n) is 5.08. The van der Waals surface area contributed by atoms with Crippen LogP contribution in [0.3, 0.4) is 0 Å². The number of hydrogen-bond donors (Lipinski definition) is 2. The molecule has 1 aromatic carbocycles. The molecule has 1 aromatic rings. The van der Waals surface area contributed by atoms with Gasteiger partial charge in [-0.25, -0.2) is 4.79 Å². The Balaban J connectivity index is 2.13. The van der Waals surface area contributed by atoms with E-state index in [1.807, 2.05) is 18.2 Å². The summed E-state index contributed by atoms with van der Waals surface area (Å²) in [4.78, 5) is 12.0. The van der Waals surface area contributed by atoms with E-state index in [-0.39, 0.29) is 11.6 Å². The molecule has 2 amide bonds. The molecule has 4 heteroatoms. The van der Waals surface area contributed by atoms with Crippen molar-refractivity contribution in [2.45, 2.75) is 37.6 Å². The number of hydrogen-bond acceptors (Lipinski definition) is 1. The summed E-state index contributed by atoms with van der Waals surface area (Å²) >= 11 is 5.60. The third-order valence-corrected chi connectivity index (χ3v) is 3.96. The number of amides is 2. The monoisotopic (exact) mass is 280 g/mol. The van der Waals surface area contributed by atoms with E-state index in [2.05, 4.69) is 22.8 Å². The van der Waals surface area contributed by atoms with Crippen LogP contribution in [0.4, 0.5) is 4.79 Å². The zero-order valence-electron chi connectivity index (χ0n) is 11.1. The summed E-state index contributed by atoms with van der Waals surface area (Å²) < 4.78 is 0. The van der Waals surface area contributed by atoms with Crippen LogP contribution in [0.2, 0.25) is 0 Å². The molecule has 19 heavy (non-hydrogen) atoms. The van der Waals surface area contributed by atoms with Crippen LogP contribution in [-0.2, 0) is 5.54 Å². The Kier molecular flexibility index (Phi) is 5.08. The first kappa shape index (κ1) is 14.2. The molecule has 0 spiro atoms. The van der Waals surface area contributed by atoms with Gasteiger partial charge in [-0.05, 0) is 18.4 Å². The van der Waals surface area contributed by atoms with Crippen molar-refractivity contribution in [2.75, 3.05) is 12.4 Å². The molecule has 104 valence electrons. The number of carbonyl (C=O) groups excluding carboxylic acids is 1. The van der Waals surface area contributed by atoms with Gasteiger partial charge in [0.05, 0.1) is 5.54 Å². The Morgan fingerprint density at radius 3 is 2.47 bits per heavy atom. The molecule has 0 bridgehead atoms. The maximum Gasteiger partial charge on any atom is 0.315 e. The SMILES string of the molecule is O=C(NCCCl)NC1(c2ccccc2)CCCCC1. The molecule has 0 aromatic heterocycles. The first-order valence-corrected chi connectivity index (χ1v) is 7.48. The third-order valence-electron chi connectivity index (χ3n) is 3.77. The lowest BCUT2D eigenvalue weighted by molar-refractivity contribution is 0.203. The van der Waals surface area contributed by atoms with Gasteiger partial charge in [-0.15, -0.1) is 11.6 Å². The molecule has 0 atom stereocenters. The lowest BCUT2D eigenvalue weighted by atomic mass is 9.76. The van der Waals surface area contributed by atoms with Gasteiger partial charge in [0.25, 0.3) is 0 Å². The van der Waals surface area contributed by atoms with Gasteiger partial charge < -0.3 is 10.6 Å². The lowest BCUT2D eigenvalue weighted by Gasteiger charge is -2.38. The van der Waals surface area contributed by atoms with Gasteiger partial charge in [-0.2, -0.15) is 0 Å². The molecule has 0 unspecified atom stereocenters. The number of urea groups is 1. The van der Waals surface area contributed by atoms with E-state index in [0.29, 0.717) is 12.4 Å².